The van der Waals surface area contributed by atoms with Crippen LogP contribution in [0.3, 0.4) is 0 Å². The summed E-state index contributed by atoms with van der Waals surface area (Å²) in [4.78, 5) is 11.1. The van der Waals surface area contributed by atoms with Crippen LogP contribution in [0, 0.1) is 0 Å². The molecule has 0 spiro atoms. The van der Waals surface area contributed by atoms with Crippen molar-refractivity contribution in [2.45, 2.75) is 27.2 Å². The van der Waals surface area contributed by atoms with E-state index in [1.807, 2.05) is 20.8 Å². The summed E-state index contributed by atoms with van der Waals surface area (Å²) in [5.74, 6) is 0.0606. The molecule has 0 fully saturated rings. The van der Waals surface area contributed by atoms with Crippen LogP contribution in [0.15, 0.2) is 35.1 Å². The van der Waals surface area contributed by atoms with Crippen LogP contribution < -0.4 is 5.32 Å². The quantitative estimate of drug-likeness (QED) is 0.689. The minimum Gasteiger partial charge on any atom is -0.326 e. The van der Waals surface area contributed by atoms with Crippen molar-refractivity contribution in [3.05, 3.63) is 35.1 Å². The molecule has 1 aliphatic rings. The van der Waals surface area contributed by atoms with Gasteiger partial charge < -0.3 is 5.32 Å². The Kier molecular flexibility index (Phi) is 2.71. The maximum atomic E-state index is 11.1. The van der Waals surface area contributed by atoms with E-state index in [9.17, 15) is 4.79 Å². The van der Waals surface area contributed by atoms with Crippen molar-refractivity contribution in [2.24, 2.45) is 0 Å². The molecular formula is C11H15NO. The molecule has 13 heavy (non-hydrogen) atoms. The van der Waals surface area contributed by atoms with E-state index in [4.69, 9.17) is 0 Å². The third kappa shape index (κ3) is 1.89. The van der Waals surface area contributed by atoms with Gasteiger partial charge in [-0.25, -0.2) is 0 Å². The second-order valence-corrected chi connectivity index (χ2v) is 3.45. The molecule has 0 atom stereocenters. The van der Waals surface area contributed by atoms with Gasteiger partial charge in [0.25, 0.3) is 0 Å². The number of hydrogen-bond acceptors (Lipinski definition) is 1. The Balaban J connectivity index is 3.09. The highest BCUT2D eigenvalue weighted by atomic mass is 16.1. The van der Waals surface area contributed by atoms with Gasteiger partial charge in [0.1, 0.15) is 0 Å². The zero-order valence-corrected chi connectivity index (χ0v) is 8.40. The van der Waals surface area contributed by atoms with Gasteiger partial charge in [0, 0.05) is 5.70 Å². The maximum Gasteiger partial charge on any atom is 0.228 e. The van der Waals surface area contributed by atoms with Gasteiger partial charge in [-0.2, -0.15) is 0 Å². The highest BCUT2D eigenvalue weighted by Gasteiger charge is 2.20. The SMILES string of the molecule is C=CC1=C(C(C)=C(C)C)CC(=O)N1. The molecule has 2 heteroatoms. The third-order valence-corrected chi connectivity index (χ3v) is 2.34. The van der Waals surface area contributed by atoms with Gasteiger partial charge in [0.15, 0.2) is 0 Å². The Hall–Kier alpha value is -1.31. The minimum absolute atomic E-state index is 0.0606. The van der Waals surface area contributed by atoms with Crippen molar-refractivity contribution in [3.8, 4) is 0 Å². The number of carbonyl (C=O) groups excluding carboxylic acids is 1. The molecule has 0 aromatic carbocycles. The van der Waals surface area contributed by atoms with Gasteiger partial charge in [-0.3, -0.25) is 4.79 Å². The highest BCUT2D eigenvalue weighted by molar-refractivity contribution is 5.86. The molecule has 1 aliphatic heterocycles. The topological polar surface area (TPSA) is 29.1 Å². The van der Waals surface area contributed by atoms with Gasteiger partial charge >= 0.3 is 0 Å². The van der Waals surface area contributed by atoms with Crippen LogP contribution in [-0.4, -0.2) is 5.91 Å². The summed E-state index contributed by atoms with van der Waals surface area (Å²) < 4.78 is 0. The number of nitrogens with one attached hydrogen (secondary N) is 1. The lowest BCUT2D eigenvalue weighted by Gasteiger charge is -2.04. The van der Waals surface area contributed by atoms with Crippen molar-refractivity contribution in [1.82, 2.24) is 5.32 Å². The van der Waals surface area contributed by atoms with E-state index >= 15 is 0 Å². The van der Waals surface area contributed by atoms with Crippen molar-refractivity contribution in [1.29, 1.82) is 0 Å². The summed E-state index contributed by atoms with van der Waals surface area (Å²) in [5.41, 5.74) is 4.38. The molecule has 2 nitrogen and oxygen atoms in total. The first-order chi connectivity index (χ1) is 6.06. The fraction of sp³-hybridized carbons (Fsp3) is 0.364. The summed E-state index contributed by atoms with van der Waals surface area (Å²) in [5, 5.41) is 2.78. The average molecular weight is 177 g/mol. The standard InChI is InChI=1S/C11H15NO/c1-5-10-9(6-11(13)12-10)8(4)7(2)3/h5H,1,6H2,2-4H3,(H,12,13). The average Bonchev–Trinajstić information content (AvgIpc) is 2.45. The molecule has 1 N–H and O–H groups in total. The van der Waals surface area contributed by atoms with Gasteiger partial charge in [-0.1, -0.05) is 12.2 Å². The van der Waals surface area contributed by atoms with E-state index in [0.717, 1.165) is 11.3 Å². The Morgan fingerprint density at radius 1 is 1.46 bits per heavy atom. The van der Waals surface area contributed by atoms with Gasteiger partial charge in [0.05, 0.1) is 6.42 Å². The predicted molar refractivity (Wildman–Crippen MR) is 54.0 cm³/mol. The molecule has 0 bridgehead atoms. The lowest BCUT2D eigenvalue weighted by molar-refractivity contribution is -0.118. The smallest absolute Gasteiger partial charge is 0.228 e. The fourth-order valence-electron chi connectivity index (χ4n) is 1.34. The van der Waals surface area contributed by atoms with Crippen LogP contribution in [0.25, 0.3) is 0 Å². The molecular weight excluding hydrogens is 162 g/mol. The molecule has 70 valence electrons. The Morgan fingerprint density at radius 3 is 2.54 bits per heavy atom. The Labute approximate surface area is 79.0 Å². The number of rotatable bonds is 2. The van der Waals surface area contributed by atoms with Crippen LogP contribution >= 0.6 is 0 Å². The zero-order valence-electron chi connectivity index (χ0n) is 8.40. The summed E-state index contributed by atoms with van der Waals surface area (Å²) in [6.45, 7) is 9.80. The molecule has 0 saturated carbocycles. The van der Waals surface area contributed by atoms with Gasteiger partial charge in [-0.15, -0.1) is 0 Å². The number of hydrogen-bond donors (Lipinski definition) is 1. The van der Waals surface area contributed by atoms with Crippen molar-refractivity contribution in [2.75, 3.05) is 0 Å². The number of allylic oxidation sites excluding steroid dienone is 3. The Morgan fingerprint density at radius 2 is 2.08 bits per heavy atom. The second kappa shape index (κ2) is 3.60. The summed E-state index contributed by atoms with van der Waals surface area (Å²) in [6, 6.07) is 0. The van der Waals surface area contributed by atoms with Gasteiger partial charge in [-0.05, 0) is 38.0 Å². The predicted octanol–water partition coefficient (Wildman–Crippen LogP) is 2.30. The van der Waals surface area contributed by atoms with E-state index in [1.165, 1.54) is 11.1 Å². The summed E-state index contributed by atoms with van der Waals surface area (Å²) in [7, 11) is 0. The summed E-state index contributed by atoms with van der Waals surface area (Å²) >= 11 is 0. The second-order valence-electron chi connectivity index (χ2n) is 3.45. The minimum atomic E-state index is 0.0606. The number of carbonyl (C=O) groups is 1. The van der Waals surface area contributed by atoms with E-state index < -0.39 is 0 Å². The van der Waals surface area contributed by atoms with E-state index in [2.05, 4.69) is 11.9 Å². The molecule has 0 radical (unpaired) electrons. The monoisotopic (exact) mass is 177 g/mol. The van der Waals surface area contributed by atoms with E-state index in [-0.39, 0.29) is 5.91 Å². The molecule has 0 aliphatic carbocycles. The van der Waals surface area contributed by atoms with Crippen LogP contribution in [0.5, 0.6) is 0 Å². The van der Waals surface area contributed by atoms with Crippen LogP contribution in [-0.2, 0) is 4.79 Å². The van der Waals surface area contributed by atoms with Crippen LogP contribution in [0.4, 0.5) is 0 Å². The molecule has 1 heterocycles. The highest BCUT2D eigenvalue weighted by Crippen LogP contribution is 2.24. The lowest BCUT2D eigenvalue weighted by atomic mass is 10.0. The molecule has 1 amide bonds. The fourth-order valence-corrected chi connectivity index (χ4v) is 1.34. The van der Waals surface area contributed by atoms with E-state index in [0.29, 0.717) is 6.42 Å². The first kappa shape index (κ1) is 9.78. The third-order valence-electron chi connectivity index (χ3n) is 2.34. The summed E-state index contributed by atoms with van der Waals surface area (Å²) in [6.07, 6.45) is 2.19. The first-order valence-corrected chi connectivity index (χ1v) is 4.36. The van der Waals surface area contributed by atoms with Crippen LogP contribution in [0.2, 0.25) is 0 Å². The molecule has 0 unspecified atom stereocenters. The van der Waals surface area contributed by atoms with Crippen molar-refractivity contribution in [3.63, 3.8) is 0 Å². The number of amides is 1. The Bertz CT molecular complexity index is 317. The largest absolute Gasteiger partial charge is 0.326 e. The molecule has 0 aromatic rings. The van der Waals surface area contributed by atoms with E-state index in [1.54, 1.807) is 6.08 Å². The van der Waals surface area contributed by atoms with Crippen LogP contribution in [0.1, 0.15) is 27.2 Å². The maximum absolute atomic E-state index is 11.1. The van der Waals surface area contributed by atoms with Gasteiger partial charge in [0.2, 0.25) is 5.91 Å². The lowest BCUT2D eigenvalue weighted by Crippen LogP contribution is -2.13. The molecule has 0 saturated heterocycles. The van der Waals surface area contributed by atoms with Crippen molar-refractivity contribution < 1.29 is 4.79 Å². The normalized spacial score (nSPS) is 15.8. The molecule has 1 rings (SSSR count). The van der Waals surface area contributed by atoms with Crippen molar-refractivity contribution >= 4 is 5.91 Å². The molecule has 0 aromatic heterocycles. The zero-order chi connectivity index (χ0) is 10.0. The first-order valence-electron chi connectivity index (χ1n) is 4.36.